The maximum atomic E-state index is 2.44. The lowest BCUT2D eigenvalue weighted by Gasteiger charge is -2.23. The van der Waals surface area contributed by atoms with Gasteiger partial charge in [0.05, 0.1) is 0 Å². The molecule has 13 heavy (non-hydrogen) atoms. The molecule has 0 aliphatic heterocycles. The van der Waals surface area contributed by atoms with Gasteiger partial charge < -0.3 is 0 Å². The normalized spacial score (nSPS) is 30.9. The van der Waals surface area contributed by atoms with Crippen LogP contribution in [0.15, 0.2) is 0 Å². The highest BCUT2D eigenvalue weighted by molar-refractivity contribution is 4.78. The maximum Gasteiger partial charge on any atom is -0.0354 e. The quantitative estimate of drug-likeness (QED) is 0.546. The van der Waals surface area contributed by atoms with E-state index in [9.17, 15) is 0 Å². The molecule has 0 nitrogen and oxygen atoms in total. The van der Waals surface area contributed by atoms with Gasteiger partial charge in [0.2, 0.25) is 0 Å². The van der Waals surface area contributed by atoms with Crippen molar-refractivity contribution in [1.29, 1.82) is 0 Å². The first kappa shape index (κ1) is 11.1. The molecule has 1 rings (SSSR count). The lowest BCUT2D eigenvalue weighted by Crippen LogP contribution is -2.12. The lowest BCUT2D eigenvalue weighted by atomic mass is 9.82. The van der Waals surface area contributed by atoms with Gasteiger partial charge in [-0.2, -0.15) is 0 Å². The van der Waals surface area contributed by atoms with E-state index in [1.807, 2.05) is 0 Å². The summed E-state index contributed by atoms with van der Waals surface area (Å²) in [6, 6.07) is 0. The van der Waals surface area contributed by atoms with Crippen LogP contribution in [0.5, 0.6) is 0 Å². The van der Waals surface area contributed by atoms with E-state index in [2.05, 4.69) is 27.7 Å². The predicted octanol–water partition coefficient (Wildman–Crippen LogP) is 4.64. The third-order valence-electron chi connectivity index (χ3n) is 4.07. The second-order valence-electron chi connectivity index (χ2n) is 5.74. The Kier molecular flexibility index (Phi) is 3.82. The fourth-order valence-corrected chi connectivity index (χ4v) is 2.59. The summed E-state index contributed by atoms with van der Waals surface area (Å²) in [5, 5.41) is 0. The van der Waals surface area contributed by atoms with Crippen molar-refractivity contribution in [3.8, 4) is 0 Å². The molecule has 0 saturated heterocycles. The van der Waals surface area contributed by atoms with E-state index in [1.54, 1.807) is 0 Å². The zero-order chi connectivity index (χ0) is 9.90. The van der Waals surface area contributed by atoms with E-state index in [-0.39, 0.29) is 0 Å². The van der Waals surface area contributed by atoms with Crippen molar-refractivity contribution < 1.29 is 0 Å². The van der Waals surface area contributed by atoms with Gasteiger partial charge in [-0.05, 0) is 36.5 Å². The van der Waals surface area contributed by atoms with Crippen LogP contribution >= 0.6 is 0 Å². The zero-order valence-corrected chi connectivity index (χ0v) is 9.90. The first-order chi connectivity index (χ1) is 6.05. The van der Waals surface area contributed by atoms with Gasteiger partial charge in [0.1, 0.15) is 0 Å². The highest BCUT2D eigenvalue weighted by Crippen LogP contribution is 2.39. The third kappa shape index (κ3) is 3.32. The molecule has 0 radical (unpaired) electrons. The van der Waals surface area contributed by atoms with E-state index in [0.29, 0.717) is 5.41 Å². The highest BCUT2D eigenvalue weighted by Gasteiger charge is 2.26. The Labute approximate surface area is 84.1 Å². The Bertz CT molecular complexity index is 146. The van der Waals surface area contributed by atoms with Crippen molar-refractivity contribution in [1.82, 2.24) is 0 Å². The Morgan fingerprint density at radius 1 is 1.23 bits per heavy atom. The van der Waals surface area contributed by atoms with Crippen LogP contribution in [0.2, 0.25) is 0 Å². The second-order valence-corrected chi connectivity index (χ2v) is 5.74. The summed E-state index contributed by atoms with van der Waals surface area (Å²) in [4.78, 5) is 0. The van der Waals surface area contributed by atoms with Gasteiger partial charge in [-0.1, -0.05) is 47.0 Å². The van der Waals surface area contributed by atoms with Crippen LogP contribution in [0.25, 0.3) is 0 Å². The third-order valence-corrected chi connectivity index (χ3v) is 4.07. The molecule has 1 fully saturated rings. The van der Waals surface area contributed by atoms with Crippen LogP contribution in [0, 0.1) is 17.3 Å². The Hall–Kier alpha value is 0. The van der Waals surface area contributed by atoms with E-state index < -0.39 is 0 Å². The molecular weight excluding hydrogens is 156 g/mol. The Morgan fingerprint density at radius 3 is 2.54 bits per heavy atom. The van der Waals surface area contributed by atoms with Crippen LogP contribution in [0.3, 0.4) is 0 Å². The van der Waals surface area contributed by atoms with Gasteiger partial charge in [-0.3, -0.25) is 0 Å². The van der Waals surface area contributed by atoms with E-state index in [4.69, 9.17) is 0 Å². The van der Waals surface area contributed by atoms with Crippen LogP contribution < -0.4 is 0 Å². The molecule has 0 aromatic carbocycles. The van der Waals surface area contributed by atoms with Gasteiger partial charge in [-0.15, -0.1) is 0 Å². The molecule has 0 aromatic rings. The van der Waals surface area contributed by atoms with Gasteiger partial charge in [0.25, 0.3) is 0 Å². The predicted molar refractivity (Wildman–Crippen MR) is 59.8 cm³/mol. The summed E-state index contributed by atoms with van der Waals surface area (Å²) in [6.45, 7) is 9.64. The summed E-state index contributed by atoms with van der Waals surface area (Å²) in [5.41, 5.74) is 0.627. The molecule has 0 bridgehead atoms. The zero-order valence-electron chi connectivity index (χ0n) is 9.90. The summed E-state index contributed by atoms with van der Waals surface area (Å²) >= 11 is 0. The minimum absolute atomic E-state index is 0.627. The molecular formula is C13H26. The van der Waals surface area contributed by atoms with Crippen molar-refractivity contribution in [3.63, 3.8) is 0 Å². The fourth-order valence-electron chi connectivity index (χ4n) is 2.59. The summed E-state index contributed by atoms with van der Waals surface area (Å²) in [6.07, 6.45) is 8.68. The number of rotatable bonds is 2. The molecule has 2 unspecified atom stereocenters. The average Bonchev–Trinajstić information content (AvgIpc) is 2.25. The van der Waals surface area contributed by atoms with Crippen LogP contribution in [-0.4, -0.2) is 0 Å². The van der Waals surface area contributed by atoms with Crippen molar-refractivity contribution in [3.05, 3.63) is 0 Å². The van der Waals surface area contributed by atoms with Crippen molar-refractivity contribution >= 4 is 0 Å². The SMILES string of the molecule is CCC(C)C1CCCC(C)(C)CC1. The maximum absolute atomic E-state index is 2.44. The van der Waals surface area contributed by atoms with Gasteiger partial charge in [-0.25, -0.2) is 0 Å². The molecule has 0 aromatic heterocycles. The molecule has 0 heteroatoms. The minimum Gasteiger partial charge on any atom is -0.0651 e. The summed E-state index contributed by atoms with van der Waals surface area (Å²) in [5.74, 6) is 1.97. The minimum atomic E-state index is 0.627. The molecule has 0 spiro atoms. The molecule has 1 saturated carbocycles. The fraction of sp³-hybridized carbons (Fsp3) is 1.00. The topological polar surface area (TPSA) is 0 Å². The lowest BCUT2D eigenvalue weighted by molar-refractivity contribution is 0.280. The molecule has 0 amide bonds. The number of hydrogen-bond acceptors (Lipinski definition) is 0. The molecule has 1 aliphatic rings. The Balaban J connectivity index is 2.45. The molecule has 2 atom stereocenters. The monoisotopic (exact) mass is 182 g/mol. The van der Waals surface area contributed by atoms with Crippen molar-refractivity contribution in [2.75, 3.05) is 0 Å². The Morgan fingerprint density at radius 2 is 1.92 bits per heavy atom. The largest absolute Gasteiger partial charge is 0.0651 e. The van der Waals surface area contributed by atoms with Crippen LogP contribution in [-0.2, 0) is 0 Å². The highest BCUT2D eigenvalue weighted by atomic mass is 14.3. The van der Waals surface area contributed by atoms with Gasteiger partial charge in [0, 0.05) is 0 Å². The smallest absolute Gasteiger partial charge is 0.0354 e. The van der Waals surface area contributed by atoms with E-state index in [0.717, 1.165) is 11.8 Å². The first-order valence-corrected chi connectivity index (χ1v) is 6.05. The van der Waals surface area contributed by atoms with Crippen LogP contribution in [0.1, 0.15) is 66.2 Å². The van der Waals surface area contributed by atoms with Crippen molar-refractivity contribution in [2.45, 2.75) is 66.2 Å². The molecule has 0 heterocycles. The van der Waals surface area contributed by atoms with E-state index >= 15 is 0 Å². The molecule has 78 valence electrons. The summed E-state index contributed by atoms with van der Waals surface area (Å²) < 4.78 is 0. The average molecular weight is 182 g/mol. The van der Waals surface area contributed by atoms with Crippen LogP contribution in [0.4, 0.5) is 0 Å². The number of hydrogen-bond donors (Lipinski definition) is 0. The molecule has 1 aliphatic carbocycles. The van der Waals surface area contributed by atoms with E-state index in [1.165, 1.54) is 38.5 Å². The molecule has 0 N–H and O–H groups in total. The first-order valence-electron chi connectivity index (χ1n) is 6.05. The standard InChI is InChI=1S/C13H26/c1-5-11(2)12-7-6-9-13(3,4)10-8-12/h11-12H,5-10H2,1-4H3. The second kappa shape index (κ2) is 4.48. The van der Waals surface area contributed by atoms with Gasteiger partial charge in [0.15, 0.2) is 0 Å². The van der Waals surface area contributed by atoms with Crippen molar-refractivity contribution in [2.24, 2.45) is 17.3 Å². The summed E-state index contributed by atoms with van der Waals surface area (Å²) in [7, 11) is 0. The van der Waals surface area contributed by atoms with Gasteiger partial charge >= 0.3 is 0 Å².